The number of halogens is 2. The lowest BCUT2D eigenvalue weighted by molar-refractivity contribution is 0.351. The summed E-state index contributed by atoms with van der Waals surface area (Å²) in [6.45, 7) is 0.847. The molecule has 0 bridgehead atoms. The van der Waals surface area contributed by atoms with Gasteiger partial charge in [0.15, 0.2) is 16.6 Å². The minimum Gasteiger partial charge on any atom is -0.493 e. The van der Waals surface area contributed by atoms with Crippen LogP contribution < -0.4 is 14.8 Å². The smallest absolute Gasteiger partial charge is 0.173 e. The molecule has 1 fully saturated rings. The highest BCUT2D eigenvalue weighted by molar-refractivity contribution is 7.80. The molecule has 2 aromatic carbocycles. The molecule has 138 valence electrons. The Morgan fingerprint density at radius 1 is 1.19 bits per heavy atom. The van der Waals surface area contributed by atoms with Crippen molar-refractivity contribution in [2.45, 2.75) is 18.9 Å². The molecule has 1 aliphatic rings. The second-order valence-electron chi connectivity index (χ2n) is 6.02. The average Bonchev–Trinajstić information content (AvgIpc) is 3.14. The Bertz CT molecular complexity index is 818. The first-order chi connectivity index (χ1) is 12.5. The molecule has 2 aromatic rings. The summed E-state index contributed by atoms with van der Waals surface area (Å²) in [6, 6.07) is 10.5. The molecule has 0 spiro atoms. The summed E-state index contributed by atoms with van der Waals surface area (Å²) in [5.41, 5.74) is 1.78. The number of hydrogen-bond donors (Lipinski definition) is 1. The number of nitrogens with zero attached hydrogens (tertiary/aromatic N) is 1. The van der Waals surface area contributed by atoms with Crippen LogP contribution in [0.15, 0.2) is 36.4 Å². The van der Waals surface area contributed by atoms with Crippen molar-refractivity contribution in [2.24, 2.45) is 0 Å². The Morgan fingerprint density at radius 3 is 2.65 bits per heavy atom. The van der Waals surface area contributed by atoms with E-state index in [1.54, 1.807) is 20.3 Å². The number of rotatable bonds is 4. The Labute approximate surface area is 162 Å². The van der Waals surface area contributed by atoms with Crippen LogP contribution in [0.25, 0.3) is 0 Å². The molecule has 1 N–H and O–H groups in total. The number of likely N-dealkylation sites (tertiary alicyclic amines) is 1. The summed E-state index contributed by atoms with van der Waals surface area (Å²) in [4.78, 5) is 2.13. The molecule has 1 saturated heterocycles. The topological polar surface area (TPSA) is 33.7 Å². The van der Waals surface area contributed by atoms with Crippen LogP contribution in [-0.2, 0) is 0 Å². The van der Waals surface area contributed by atoms with Crippen molar-refractivity contribution in [3.8, 4) is 11.5 Å². The molecule has 0 aromatic heterocycles. The molecule has 4 nitrogen and oxygen atoms in total. The van der Waals surface area contributed by atoms with Crippen molar-refractivity contribution in [3.63, 3.8) is 0 Å². The first-order valence-corrected chi connectivity index (χ1v) is 9.06. The molecular weight excluding hydrogens is 375 g/mol. The van der Waals surface area contributed by atoms with Crippen LogP contribution >= 0.6 is 23.8 Å². The van der Waals surface area contributed by atoms with Gasteiger partial charge in [0.25, 0.3) is 0 Å². The molecule has 0 amide bonds. The second-order valence-corrected chi connectivity index (χ2v) is 6.82. The third kappa shape index (κ3) is 3.86. The minimum atomic E-state index is -0.451. The van der Waals surface area contributed by atoms with Crippen LogP contribution in [-0.4, -0.2) is 30.8 Å². The van der Waals surface area contributed by atoms with E-state index in [0.29, 0.717) is 22.3 Å². The molecular formula is C19H20ClFN2O2S. The molecule has 3 rings (SSSR count). The van der Waals surface area contributed by atoms with E-state index in [1.165, 1.54) is 12.1 Å². The Balaban J connectivity index is 1.79. The van der Waals surface area contributed by atoms with Gasteiger partial charge in [0, 0.05) is 12.2 Å². The van der Waals surface area contributed by atoms with E-state index in [2.05, 4.69) is 10.2 Å². The summed E-state index contributed by atoms with van der Waals surface area (Å²) in [6.07, 6.45) is 2.02. The third-order valence-electron chi connectivity index (χ3n) is 4.48. The van der Waals surface area contributed by atoms with E-state index < -0.39 is 5.82 Å². The average molecular weight is 395 g/mol. The van der Waals surface area contributed by atoms with Crippen LogP contribution in [0.4, 0.5) is 10.1 Å². The molecule has 1 heterocycles. The van der Waals surface area contributed by atoms with E-state index in [-0.39, 0.29) is 11.1 Å². The highest BCUT2D eigenvalue weighted by atomic mass is 35.5. The number of ether oxygens (including phenoxy) is 2. The van der Waals surface area contributed by atoms with Gasteiger partial charge < -0.3 is 19.7 Å². The summed E-state index contributed by atoms with van der Waals surface area (Å²) >= 11 is 11.4. The lowest BCUT2D eigenvalue weighted by atomic mass is 10.0. The van der Waals surface area contributed by atoms with Gasteiger partial charge in [-0.1, -0.05) is 17.7 Å². The van der Waals surface area contributed by atoms with E-state index in [4.69, 9.17) is 33.3 Å². The number of nitrogens with one attached hydrogen (secondary N) is 1. The highest BCUT2D eigenvalue weighted by Gasteiger charge is 2.28. The number of methoxy groups -OCH3 is 2. The van der Waals surface area contributed by atoms with Gasteiger partial charge in [-0.05, 0) is 61.0 Å². The second kappa shape index (κ2) is 8.10. The van der Waals surface area contributed by atoms with Crippen LogP contribution in [0.2, 0.25) is 5.02 Å². The summed E-state index contributed by atoms with van der Waals surface area (Å²) in [5.74, 6) is 0.941. The number of anilines is 1. The lowest BCUT2D eigenvalue weighted by Gasteiger charge is -2.28. The summed E-state index contributed by atoms with van der Waals surface area (Å²) in [5, 5.41) is 3.81. The van der Waals surface area contributed by atoms with Crippen molar-refractivity contribution in [1.82, 2.24) is 4.90 Å². The predicted molar refractivity (Wildman–Crippen MR) is 106 cm³/mol. The molecule has 1 aliphatic heterocycles. The van der Waals surface area contributed by atoms with Crippen molar-refractivity contribution in [3.05, 3.63) is 52.8 Å². The van der Waals surface area contributed by atoms with E-state index in [0.717, 1.165) is 24.9 Å². The molecule has 0 aliphatic carbocycles. The summed E-state index contributed by atoms with van der Waals surface area (Å²) < 4.78 is 24.0. The minimum absolute atomic E-state index is 0.0654. The SMILES string of the molecule is COc1ccc([C@@H]2CCCN2C(=S)Nc2ccc(F)c(Cl)c2)cc1OC. The lowest BCUT2D eigenvalue weighted by Crippen LogP contribution is -2.34. The summed E-state index contributed by atoms with van der Waals surface area (Å²) in [7, 11) is 3.24. The fourth-order valence-corrected chi connectivity index (χ4v) is 3.70. The molecule has 0 unspecified atom stereocenters. The monoisotopic (exact) mass is 394 g/mol. The predicted octanol–water partition coefficient (Wildman–Crippen LogP) is 5.03. The van der Waals surface area contributed by atoms with Crippen LogP contribution in [0.5, 0.6) is 11.5 Å². The van der Waals surface area contributed by atoms with E-state index >= 15 is 0 Å². The first-order valence-electron chi connectivity index (χ1n) is 8.28. The number of benzene rings is 2. The van der Waals surface area contributed by atoms with Crippen molar-refractivity contribution in [1.29, 1.82) is 0 Å². The first kappa shape index (κ1) is 18.7. The van der Waals surface area contributed by atoms with Gasteiger partial charge in [0.1, 0.15) is 5.82 Å². The zero-order valence-electron chi connectivity index (χ0n) is 14.6. The quantitative estimate of drug-likeness (QED) is 0.735. The van der Waals surface area contributed by atoms with Gasteiger partial charge >= 0.3 is 0 Å². The third-order valence-corrected chi connectivity index (χ3v) is 5.10. The zero-order valence-corrected chi connectivity index (χ0v) is 16.2. The van der Waals surface area contributed by atoms with Crippen LogP contribution in [0.1, 0.15) is 24.4 Å². The molecule has 0 radical (unpaired) electrons. The van der Waals surface area contributed by atoms with Gasteiger partial charge in [-0.2, -0.15) is 0 Å². The molecule has 1 atom stereocenters. The van der Waals surface area contributed by atoms with E-state index in [9.17, 15) is 4.39 Å². The van der Waals surface area contributed by atoms with E-state index in [1.807, 2.05) is 18.2 Å². The van der Waals surface area contributed by atoms with Crippen LogP contribution in [0, 0.1) is 5.82 Å². The zero-order chi connectivity index (χ0) is 18.7. The Hall–Kier alpha value is -2.05. The van der Waals surface area contributed by atoms with Gasteiger partial charge in [-0.15, -0.1) is 0 Å². The Morgan fingerprint density at radius 2 is 1.96 bits per heavy atom. The Kier molecular flexibility index (Phi) is 5.84. The maximum absolute atomic E-state index is 13.3. The fourth-order valence-electron chi connectivity index (χ4n) is 3.19. The van der Waals surface area contributed by atoms with Gasteiger partial charge in [0.05, 0.1) is 25.3 Å². The van der Waals surface area contributed by atoms with Gasteiger partial charge in [0.2, 0.25) is 0 Å². The largest absolute Gasteiger partial charge is 0.493 e. The fraction of sp³-hybridized carbons (Fsp3) is 0.316. The molecule has 26 heavy (non-hydrogen) atoms. The maximum atomic E-state index is 13.3. The van der Waals surface area contributed by atoms with Crippen molar-refractivity contribution < 1.29 is 13.9 Å². The number of hydrogen-bond acceptors (Lipinski definition) is 3. The number of thiocarbonyl (C=S) groups is 1. The van der Waals surface area contributed by atoms with Crippen molar-refractivity contribution >= 4 is 34.6 Å². The molecule has 7 heteroatoms. The standard InChI is InChI=1S/C19H20ClFN2O2S/c1-24-17-8-5-12(10-18(17)25-2)16-4-3-9-23(16)19(26)22-13-6-7-15(21)14(20)11-13/h5-8,10-11,16H,3-4,9H2,1-2H3,(H,22,26)/t16-/m0/s1. The van der Waals surface area contributed by atoms with Crippen molar-refractivity contribution in [2.75, 3.05) is 26.1 Å². The van der Waals surface area contributed by atoms with Gasteiger partial charge in [-0.25, -0.2) is 4.39 Å². The van der Waals surface area contributed by atoms with Gasteiger partial charge in [-0.3, -0.25) is 0 Å². The highest BCUT2D eigenvalue weighted by Crippen LogP contribution is 2.37. The maximum Gasteiger partial charge on any atom is 0.173 e. The molecule has 0 saturated carbocycles. The van der Waals surface area contributed by atoms with Crippen LogP contribution in [0.3, 0.4) is 0 Å². The normalized spacial score (nSPS) is 16.5.